The molecule has 0 saturated carbocycles. The number of carbonyl (C=O) groups is 1. The molecule has 0 aliphatic heterocycles. The van der Waals surface area contributed by atoms with Gasteiger partial charge in [-0.25, -0.2) is 5.84 Å². The first-order valence-corrected chi connectivity index (χ1v) is 7.09. The van der Waals surface area contributed by atoms with Gasteiger partial charge in [0.15, 0.2) is 0 Å². The third kappa shape index (κ3) is 8.48. The number of nitrogens with zero attached hydrogens (tertiary/aromatic N) is 1. The minimum atomic E-state index is -0.0749. The molecule has 1 amide bonds. The highest BCUT2D eigenvalue weighted by Crippen LogP contribution is 2.09. The second-order valence-electron chi connectivity index (χ2n) is 6.08. The molecule has 0 fully saturated rings. The van der Waals surface area contributed by atoms with Crippen molar-refractivity contribution >= 4 is 5.91 Å². The van der Waals surface area contributed by atoms with Gasteiger partial charge in [0, 0.05) is 12.5 Å². The predicted molar refractivity (Wildman–Crippen MR) is 76.8 cm³/mol. The van der Waals surface area contributed by atoms with E-state index in [2.05, 4.69) is 38.0 Å². The van der Waals surface area contributed by atoms with Gasteiger partial charge in [0.05, 0.1) is 0 Å². The van der Waals surface area contributed by atoms with Gasteiger partial charge in [-0.15, -0.1) is 0 Å². The lowest BCUT2D eigenvalue weighted by Crippen LogP contribution is -2.41. The van der Waals surface area contributed by atoms with E-state index in [4.69, 9.17) is 5.84 Å². The van der Waals surface area contributed by atoms with Crippen LogP contribution in [0.15, 0.2) is 0 Å². The Morgan fingerprint density at radius 2 is 1.50 bits per heavy atom. The first kappa shape index (κ1) is 17.4. The highest BCUT2D eigenvalue weighted by Gasteiger charge is 2.16. The van der Waals surface area contributed by atoms with Crippen molar-refractivity contribution < 1.29 is 4.79 Å². The van der Waals surface area contributed by atoms with Crippen molar-refractivity contribution in [3.05, 3.63) is 0 Å². The number of nitrogens with two attached hydrogens (primary N) is 1. The van der Waals surface area contributed by atoms with Crippen molar-refractivity contribution in [2.24, 2.45) is 23.6 Å². The molecule has 0 aromatic heterocycles. The van der Waals surface area contributed by atoms with E-state index >= 15 is 0 Å². The number of carbonyl (C=O) groups excluding carboxylic acids is 1. The molecule has 1 unspecified atom stereocenters. The van der Waals surface area contributed by atoms with E-state index < -0.39 is 0 Å². The number of hydrazine groups is 1. The Kier molecular flexibility index (Phi) is 9.02. The summed E-state index contributed by atoms with van der Waals surface area (Å²) in [5.74, 6) is 6.45. The van der Waals surface area contributed by atoms with Crippen molar-refractivity contribution in [1.82, 2.24) is 10.3 Å². The van der Waals surface area contributed by atoms with E-state index in [1.165, 1.54) is 12.8 Å². The molecule has 0 aliphatic carbocycles. The molecule has 0 spiro atoms. The molecule has 0 aliphatic rings. The topological polar surface area (TPSA) is 58.4 Å². The monoisotopic (exact) mass is 257 g/mol. The van der Waals surface area contributed by atoms with E-state index in [0.29, 0.717) is 11.8 Å². The first-order valence-electron chi connectivity index (χ1n) is 7.09. The smallest absolute Gasteiger partial charge is 0.237 e. The van der Waals surface area contributed by atoms with E-state index in [1.807, 2.05) is 6.92 Å². The van der Waals surface area contributed by atoms with Crippen LogP contribution in [0, 0.1) is 17.8 Å². The Labute approximate surface area is 112 Å². The summed E-state index contributed by atoms with van der Waals surface area (Å²) < 4.78 is 0. The summed E-state index contributed by atoms with van der Waals surface area (Å²) >= 11 is 0. The maximum absolute atomic E-state index is 11.5. The van der Waals surface area contributed by atoms with Crippen LogP contribution in [-0.4, -0.2) is 30.4 Å². The zero-order valence-corrected chi connectivity index (χ0v) is 12.7. The van der Waals surface area contributed by atoms with Gasteiger partial charge >= 0.3 is 0 Å². The normalized spacial score (nSPS) is 13.4. The highest BCUT2D eigenvalue weighted by molar-refractivity contribution is 5.77. The van der Waals surface area contributed by atoms with Crippen LogP contribution in [0.4, 0.5) is 0 Å². The molecule has 0 aromatic rings. The Bertz CT molecular complexity index is 217. The molecule has 0 aromatic carbocycles. The van der Waals surface area contributed by atoms with Crippen molar-refractivity contribution in [1.29, 1.82) is 0 Å². The van der Waals surface area contributed by atoms with Crippen LogP contribution >= 0.6 is 0 Å². The number of hydrogen-bond donors (Lipinski definition) is 2. The predicted octanol–water partition coefficient (Wildman–Crippen LogP) is 2.01. The molecule has 1 atom stereocenters. The second kappa shape index (κ2) is 9.34. The molecular formula is C14H31N3O. The fourth-order valence-corrected chi connectivity index (χ4v) is 1.79. The summed E-state index contributed by atoms with van der Waals surface area (Å²) in [6, 6.07) is 0. The lowest BCUT2D eigenvalue weighted by atomic mass is 10.1. The fourth-order valence-electron chi connectivity index (χ4n) is 1.79. The average molecular weight is 257 g/mol. The molecular weight excluding hydrogens is 226 g/mol. The van der Waals surface area contributed by atoms with E-state index in [0.717, 1.165) is 19.6 Å². The summed E-state index contributed by atoms with van der Waals surface area (Å²) in [5.41, 5.74) is 2.23. The average Bonchev–Trinajstić information content (AvgIpc) is 2.30. The summed E-state index contributed by atoms with van der Waals surface area (Å²) in [7, 11) is 0. The number of amides is 1. The minimum absolute atomic E-state index is 0.0469. The van der Waals surface area contributed by atoms with Crippen molar-refractivity contribution in [2.45, 2.75) is 47.5 Å². The van der Waals surface area contributed by atoms with Gasteiger partial charge in [0.2, 0.25) is 5.91 Å². The van der Waals surface area contributed by atoms with Crippen LogP contribution in [0.25, 0.3) is 0 Å². The summed E-state index contributed by atoms with van der Waals surface area (Å²) in [4.78, 5) is 13.8. The molecule has 4 heteroatoms. The SMILES string of the molecule is CC(C)CCN(CCC(C)C)CC(C)C(=O)NN. The molecule has 3 N–H and O–H groups in total. The molecule has 4 nitrogen and oxygen atoms in total. The lowest BCUT2D eigenvalue weighted by Gasteiger charge is -2.26. The molecule has 0 heterocycles. The first-order chi connectivity index (χ1) is 8.36. The largest absolute Gasteiger partial charge is 0.303 e. The van der Waals surface area contributed by atoms with Crippen LogP contribution < -0.4 is 11.3 Å². The summed E-state index contributed by atoms with van der Waals surface area (Å²) in [6.45, 7) is 13.8. The van der Waals surface area contributed by atoms with Crippen molar-refractivity contribution in [2.75, 3.05) is 19.6 Å². The summed E-state index contributed by atoms with van der Waals surface area (Å²) in [6.07, 6.45) is 2.35. The Morgan fingerprint density at radius 3 is 1.83 bits per heavy atom. The van der Waals surface area contributed by atoms with E-state index in [-0.39, 0.29) is 11.8 Å². The molecule has 0 bridgehead atoms. The molecule has 0 radical (unpaired) electrons. The lowest BCUT2D eigenvalue weighted by molar-refractivity contribution is -0.125. The van der Waals surface area contributed by atoms with Gasteiger partial charge in [-0.1, -0.05) is 34.6 Å². The Balaban J connectivity index is 4.22. The van der Waals surface area contributed by atoms with Gasteiger partial charge in [0.1, 0.15) is 0 Å². The Hall–Kier alpha value is -0.610. The van der Waals surface area contributed by atoms with Gasteiger partial charge in [-0.05, 0) is 37.8 Å². The van der Waals surface area contributed by atoms with E-state index in [1.54, 1.807) is 0 Å². The van der Waals surface area contributed by atoms with E-state index in [9.17, 15) is 4.79 Å². The number of rotatable bonds is 9. The summed E-state index contributed by atoms with van der Waals surface area (Å²) in [5, 5.41) is 0. The zero-order chi connectivity index (χ0) is 14.1. The zero-order valence-electron chi connectivity index (χ0n) is 12.7. The van der Waals surface area contributed by atoms with Gasteiger partial charge < -0.3 is 4.90 Å². The molecule has 0 rings (SSSR count). The quantitative estimate of drug-likeness (QED) is 0.377. The number of nitrogens with one attached hydrogen (secondary N) is 1. The van der Waals surface area contributed by atoms with Crippen LogP contribution in [0.2, 0.25) is 0 Å². The van der Waals surface area contributed by atoms with Crippen LogP contribution in [-0.2, 0) is 4.79 Å². The molecule has 0 saturated heterocycles. The molecule has 108 valence electrons. The van der Waals surface area contributed by atoms with Crippen molar-refractivity contribution in [3.8, 4) is 0 Å². The van der Waals surface area contributed by atoms with Crippen LogP contribution in [0.5, 0.6) is 0 Å². The van der Waals surface area contributed by atoms with Crippen LogP contribution in [0.1, 0.15) is 47.5 Å². The standard InChI is InChI=1S/C14H31N3O/c1-11(2)6-8-17(9-7-12(3)4)10-13(5)14(18)16-15/h11-13H,6-10,15H2,1-5H3,(H,16,18). The van der Waals surface area contributed by atoms with Crippen LogP contribution in [0.3, 0.4) is 0 Å². The van der Waals surface area contributed by atoms with Crippen molar-refractivity contribution in [3.63, 3.8) is 0 Å². The minimum Gasteiger partial charge on any atom is -0.303 e. The van der Waals surface area contributed by atoms with Gasteiger partial charge in [-0.3, -0.25) is 10.2 Å². The maximum Gasteiger partial charge on any atom is 0.237 e. The maximum atomic E-state index is 11.5. The Morgan fingerprint density at radius 1 is 1.06 bits per heavy atom. The van der Waals surface area contributed by atoms with Gasteiger partial charge in [0.25, 0.3) is 0 Å². The fraction of sp³-hybridized carbons (Fsp3) is 0.929. The molecule has 18 heavy (non-hydrogen) atoms. The number of hydrogen-bond acceptors (Lipinski definition) is 3. The third-order valence-electron chi connectivity index (χ3n) is 3.17. The second-order valence-corrected chi connectivity index (χ2v) is 6.08. The third-order valence-corrected chi connectivity index (χ3v) is 3.17. The highest BCUT2D eigenvalue weighted by atomic mass is 16.2. The van der Waals surface area contributed by atoms with Gasteiger partial charge in [-0.2, -0.15) is 0 Å².